The first-order chi connectivity index (χ1) is 5.93. The summed E-state index contributed by atoms with van der Waals surface area (Å²) in [5.74, 6) is 0.557. The van der Waals surface area contributed by atoms with Crippen LogP contribution in [0.1, 0.15) is 5.56 Å². The van der Waals surface area contributed by atoms with E-state index in [0.29, 0.717) is 5.88 Å². The molecule has 1 N–H and O–H groups in total. The molecule has 0 aromatic heterocycles. The molecule has 0 unspecified atom stereocenters. The first-order valence-corrected chi connectivity index (χ1v) is 4.45. The maximum atomic E-state index is 5.46. The quantitative estimate of drug-likeness (QED) is 0.704. The van der Waals surface area contributed by atoms with Gasteiger partial charge in [0.25, 0.3) is 0 Å². The molecule has 0 fully saturated rings. The number of allylic oxidation sites excluding steroid dienone is 1. The van der Waals surface area contributed by atoms with Crippen LogP contribution in [0.25, 0.3) is 0 Å². The minimum Gasteiger partial charge on any atom is -0.387 e. The summed E-state index contributed by atoms with van der Waals surface area (Å²) in [6, 6.07) is 10.2. The Kier molecular flexibility index (Phi) is 4.32. The zero-order chi connectivity index (χ0) is 8.65. The number of alkyl halides is 1. The van der Waals surface area contributed by atoms with Gasteiger partial charge in [0.15, 0.2) is 0 Å². The standard InChI is InChI=1S/C10H12ClN/c11-7-4-8-12-9-10-5-2-1-3-6-10/h1-6,8,12H,7,9H2. The molecule has 0 saturated carbocycles. The number of hydrogen-bond acceptors (Lipinski definition) is 1. The van der Waals surface area contributed by atoms with Crippen molar-refractivity contribution in [1.29, 1.82) is 0 Å². The van der Waals surface area contributed by atoms with Gasteiger partial charge in [-0.05, 0) is 11.8 Å². The van der Waals surface area contributed by atoms with E-state index < -0.39 is 0 Å². The Morgan fingerprint density at radius 2 is 2.00 bits per heavy atom. The van der Waals surface area contributed by atoms with Gasteiger partial charge in [0, 0.05) is 12.4 Å². The molecule has 0 spiro atoms. The molecule has 2 heteroatoms. The predicted molar refractivity (Wildman–Crippen MR) is 53.1 cm³/mol. The van der Waals surface area contributed by atoms with Gasteiger partial charge in [-0.15, -0.1) is 11.6 Å². The summed E-state index contributed by atoms with van der Waals surface area (Å²) in [4.78, 5) is 0. The molecule has 0 aliphatic heterocycles. The zero-order valence-electron chi connectivity index (χ0n) is 6.83. The van der Waals surface area contributed by atoms with E-state index in [1.165, 1.54) is 5.56 Å². The molecule has 0 aliphatic rings. The van der Waals surface area contributed by atoms with E-state index in [1.807, 2.05) is 30.5 Å². The minimum absolute atomic E-state index is 0.557. The Bertz CT molecular complexity index is 231. The van der Waals surface area contributed by atoms with Gasteiger partial charge in [-0.2, -0.15) is 0 Å². The maximum Gasteiger partial charge on any atom is 0.0420 e. The van der Waals surface area contributed by atoms with E-state index in [2.05, 4.69) is 17.4 Å². The summed E-state index contributed by atoms with van der Waals surface area (Å²) < 4.78 is 0. The number of rotatable bonds is 4. The molecular weight excluding hydrogens is 170 g/mol. The summed E-state index contributed by atoms with van der Waals surface area (Å²) in [5.41, 5.74) is 1.27. The van der Waals surface area contributed by atoms with E-state index in [-0.39, 0.29) is 0 Å². The molecular formula is C10H12ClN. The van der Waals surface area contributed by atoms with Gasteiger partial charge in [0.1, 0.15) is 0 Å². The van der Waals surface area contributed by atoms with Gasteiger partial charge >= 0.3 is 0 Å². The average molecular weight is 182 g/mol. The molecule has 0 amide bonds. The first kappa shape index (κ1) is 9.14. The second-order valence-electron chi connectivity index (χ2n) is 2.42. The smallest absolute Gasteiger partial charge is 0.0420 e. The van der Waals surface area contributed by atoms with Gasteiger partial charge < -0.3 is 5.32 Å². The Labute approximate surface area is 78.1 Å². The lowest BCUT2D eigenvalue weighted by molar-refractivity contribution is 0.868. The third-order valence-corrected chi connectivity index (χ3v) is 1.65. The fourth-order valence-electron chi connectivity index (χ4n) is 0.901. The van der Waals surface area contributed by atoms with Gasteiger partial charge in [0.05, 0.1) is 0 Å². The summed E-state index contributed by atoms with van der Waals surface area (Å²) in [7, 11) is 0. The molecule has 1 aromatic rings. The molecule has 0 atom stereocenters. The fraction of sp³-hybridized carbons (Fsp3) is 0.200. The molecule has 0 aliphatic carbocycles. The van der Waals surface area contributed by atoms with Crippen molar-refractivity contribution in [3.05, 3.63) is 48.2 Å². The van der Waals surface area contributed by atoms with Crippen LogP contribution in [0.15, 0.2) is 42.6 Å². The van der Waals surface area contributed by atoms with E-state index in [4.69, 9.17) is 11.6 Å². The molecule has 0 heterocycles. The third kappa shape index (κ3) is 3.44. The Morgan fingerprint density at radius 3 is 2.67 bits per heavy atom. The van der Waals surface area contributed by atoms with Crippen molar-refractivity contribution in [2.45, 2.75) is 6.54 Å². The third-order valence-electron chi connectivity index (χ3n) is 1.47. The van der Waals surface area contributed by atoms with Crippen molar-refractivity contribution in [2.24, 2.45) is 0 Å². The van der Waals surface area contributed by atoms with E-state index in [9.17, 15) is 0 Å². The van der Waals surface area contributed by atoms with Crippen molar-refractivity contribution in [3.63, 3.8) is 0 Å². The van der Waals surface area contributed by atoms with Crippen molar-refractivity contribution >= 4 is 11.6 Å². The molecule has 0 saturated heterocycles. The molecule has 1 aromatic carbocycles. The Balaban J connectivity index is 2.29. The second-order valence-corrected chi connectivity index (χ2v) is 2.73. The van der Waals surface area contributed by atoms with Crippen LogP contribution < -0.4 is 5.32 Å². The lowest BCUT2D eigenvalue weighted by atomic mass is 10.2. The SMILES string of the molecule is ClCC=CNCc1ccccc1. The van der Waals surface area contributed by atoms with Gasteiger partial charge in [-0.1, -0.05) is 36.4 Å². The van der Waals surface area contributed by atoms with Gasteiger partial charge in [-0.3, -0.25) is 0 Å². The van der Waals surface area contributed by atoms with E-state index in [1.54, 1.807) is 0 Å². The monoisotopic (exact) mass is 181 g/mol. The Morgan fingerprint density at radius 1 is 1.25 bits per heavy atom. The van der Waals surface area contributed by atoms with E-state index >= 15 is 0 Å². The molecule has 0 bridgehead atoms. The highest BCUT2D eigenvalue weighted by Crippen LogP contribution is 1.96. The summed E-state index contributed by atoms with van der Waals surface area (Å²) >= 11 is 5.46. The van der Waals surface area contributed by atoms with Crippen molar-refractivity contribution < 1.29 is 0 Å². The van der Waals surface area contributed by atoms with Crippen LogP contribution in [0.5, 0.6) is 0 Å². The largest absolute Gasteiger partial charge is 0.387 e. The normalized spacial score (nSPS) is 10.4. The number of halogens is 1. The molecule has 0 radical (unpaired) electrons. The molecule has 64 valence electrons. The summed E-state index contributed by atoms with van der Waals surface area (Å²) in [6.07, 6.45) is 3.75. The first-order valence-electron chi connectivity index (χ1n) is 3.92. The van der Waals surface area contributed by atoms with Crippen LogP contribution in [-0.2, 0) is 6.54 Å². The van der Waals surface area contributed by atoms with Gasteiger partial charge in [-0.25, -0.2) is 0 Å². The number of benzene rings is 1. The van der Waals surface area contributed by atoms with Crippen molar-refractivity contribution in [1.82, 2.24) is 5.32 Å². The highest BCUT2D eigenvalue weighted by molar-refractivity contribution is 6.18. The molecule has 12 heavy (non-hydrogen) atoms. The van der Waals surface area contributed by atoms with E-state index in [0.717, 1.165) is 6.54 Å². The van der Waals surface area contributed by atoms with Crippen molar-refractivity contribution in [3.8, 4) is 0 Å². The Hall–Kier alpha value is -0.950. The van der Waals surface area contributed by atoms with Gasteiger partial charge in [0.2, 0.25) is 0 Å². The van der Waals surface area contributed by atoms with Crippen LogP contribution >= 0.6 is 11.6 Å². The average Bonchev–Trinajstić information content (AvgIpc) is 2.14. The second kappa shape index (κ2) is 5.67. The lowest BCUT2D eigenvalue weighted by Crippen LogP contribution is -2.03. The van der Waals surface area contributed by atoms with Crippen molar-refractivity contribution in [2.75, 3.05) is 5.88 Å². The van der Waals surface area contributed by atoms with Crippen LogP contribution in [0, 0.1) is 0 Å². The predicted octanol–water partition coefficient (Wildman–Crippen LogP) is 2.53. The molecule has 1 rings (SSSR count). The minimum atomic E-state index is 0.557. The highest BCUT2D eigenvalue weighted by atomic mass is 35.5. The van der Waals surface area contributed by atoms with Crippen LogP contribution in [0.3, 0.4) is 0 Å². The lowest BCUT2D eigenvalue weighted by Gasteiger charge is -1.99. The maximum absolute atomic E-state index is 5.46. The number of nitrogens with one attached hydrogen (secondary N) is 1. The topological polar surface area (TPSA) is 12.0 Å². The van der Waals surface area contributed by atoms with Crippen LogP contribution in [0.4, 0.5) is 0 Å². The number of hydrogen-bond donors (Lipinski definition) is 1. The van der Waals surface area contributed by atoms with Crippen LogP contribution in [-0.4, -0.2) is 5.88 Å². The van der Waals surface area contributed by atoms with Crippen LogP contribution in [0.2, 0.25) is 0 Å². The fourth-order valence-corrected chi connectivity index (χ4v) is 0.990. The molecule has 1 nitrogen and oxygen atoms in total. The summed E-state index contributed by atoms with van der Waals surface area (Å²) in [6.45, 7) is 0.855. The summed E-state index contributed by atoms with van der Waals surface area (Å²) in [5, 5.41) is 3.14. The highest BCUT2D eigenvalue weighted by Gasteiger charge is 1.85. The zero-order valence-corrected chi connectivity index (χ0v) is 7.59.